The zero-order chi connectivity index (χ0) is 22.8. The summed E-state index contributed by atoms with van der Waals surface area (Å²) in [7, 11) is -4.00. The molecule has 4 heterocycles. The predicted molar refractivity (Wildman–Crippen MR) is 119 cm³/mol. The quantitative estimate of drug-likeness (QED) is 0.340. The molecule has 1 aromatic carbocycles. The summed E-state index contributed by atoms with van der Waals surface area (Å²) in [6.45, 7) is 1.66. The molecule has 0 aliphatic carbocycles. The van der Waals surface area contributed by atoms with E-state index in [1.54, 1.807) is 12.1 Å². The van der Waals surface area contributed by atoms with Crippen LogP contribution in [-0.2, 0) is 21.2 Å². The molecule has 0 bridgehead atoms. The van der Waals surface area contributed by atoms with Gasteiger partial charge in [-0.1, -0.05) is 12.1 Å². The lowest BCUT2D eigenvalue weighted by atomic mass is 10.1. The number of ether oxygens (including phenoxy) is 1. The molecule has 1 fully saturated rings. The van der Waals surface area contributed by atoms with Crippen molar-refractivity contribution in [3.63, 3.8) is 0 Å². The van der Waals surface area contributed by atoms with E-state index in [9.17, 15) is 8.42 Å². The number of aromatic nitrogens is 5. The highest BCUT2D eigenvalue weighted by Gasteiger charge is 2.22. The van der Waals surface area contributed by atoms with Gasteiger partial charge >= 0.3 is 0 Å². The van der Waals surface area contributed by atoms with Gasteiger partial charge in [-0.15, -0.1) is 5.10 Å². The Balaban J connectivity index is 1.24. The molecule has 172 valence electrons. The van der Waals surface area contributed by atoms with Crippen LogP contribution < -0.4 is 15.8 Å². The molecule has 4 N–H and O–H groups in total. The van der Waals surface area contributed by atoms with Gasteiger partial charge in [0.2, 0.25) is 11.8 Å². The van der Waals surface area contributed by atoms with Gasteiger partial charge in [-0.05, 0) is 42.7 Å². The molecular weight excluding hydrogens is 448 g/mol. The van der Waals surface area contributed by atoms with E-state index in [0.717, 1.165) is 28.8 Å². The minimum absolute atomic E-state index is 0.00465. The number of nitrogens with zero attached hydrogens (tertiary/aromatic N) is 5. The van der Waals surface area contributed by atoms with Gasteiger partial charge in [0.1, 0.15) is 0 Å². The van der Waals surface area contributed by atoms with Gasteiger partial charge in [0.15, 0.2) is 5.76 Å². The summed E-state index contributed by atoms with van der Waals surface area (Å²) in [6, 6.07) is 11.5. The zero-order valence-corrected chi connectivity index (χ0v) is 18.3. The van der Waals surface area contributed by atoms with E-state index in [-0.39, 0.29) is 24.1 Å². The Morgan fingerprint density at radius 3 is 2.73 bits per heavy atom. The number of nitrogen functional groups attached to an aromatic ring is 1. The Bertz CT molecular complexity index is 1350. The molecule has 0 spiro atoms. The Hall–Kier alpha value is -3.55. The van der Waals surface area contributed by atoms with Crippen molar-refractivity contribution in [2.75, 3.05) is 30.8 Å². The van der Waals surface area contributed by atoms with Crippen LogP contribution in [-0.4, -0.2) is 58.8 Å². The molecule has 0 saturated carbocycles. The van der Waals surface area contributed by atoms with Gasteiger partial charge in [-0.25, -0.2) is 13.1 Å². The van der Waals surface area contributed by atoms with Crippen molar-refractivity contribution >= 4 is 27.4 Å². The molecule has 33 heavy (non-hydrogen) atoms. The molecule has 12 nitrogen and oxygen atoms in total. The maximum atomic E-state index is 12.7. The van der Waals surface area contributed by atoms with Crippen LogP contribution >= 0.6 is 0 Å². The Kier molecular flexibility index (Phi) is 5.66. The van der Waals surface area contributed by atoms with E-state index in [1.807, 2.05) is 24.3 Å². The second kappa shape index (κ2) is 8.77. The van der Waals surface area contributed by atoms with Crippen molar-refractivity contribution in [2.24, 2.45) is 0 Å². The zero-order valence-electron chi connectivity index (χ0n) is 17.5. The number of anilines is 2. The molecule has 5 rings (SSSR count). The van der Waals surface area contributed by atoms with Crippen LogP contribution in [0.3, 0.4) is 0 Å². The van der Waals surface area contributed by atoms with Crippen molar-refractivity contribution in [1.29, 1.82) is 0 Å². The van der Waals surface area contributed by atoms with Crippen molar-refractivity contribution in [3.8, 4) is 11.6 Å². The number of hydrogen-bond acceptors (Lipinski definition) is 10. The molecule has 1 saturated heterocycles. The minimum Gasteiger partial charge on any atom is -0.461 e. The largest absolute Gasteiger partial charge is 0.461 e. The highest BCUT2D eigenvalue weighted by molar-refractivity contribution is 7.89. The molecule has 1 aliphatic rings. The average Bonchev–Trinajstić information content (AvgIpc) is 3.56. The van der Waals surface area contributed by atoms with Crippen molar-refractivity contribution in [1.82, 2.24) is 29.3 Å². The second-order valence-corrected chi connectivity index (χ2v) is 9.20. The van der Waals surface area contributed by atoms with Gasteiger partial charge < -0.3 is 20.2 Å². The Morgan fingerprint density at radius 1 is 1.15 bits per heavy atom. The van der Waals surface area contributed by atoms with Crippen LogP contribution in [0.15, 0.2) is 52.2 Å². The van der Waals surface area contributed by atoms with Crippen molar-refractivity contribution < 1.29 is 17.6 Å². The molecule has 0 radical (unpaired) electrons. The maximum absolute atomic E-state index is 12.7. The molecular formula is C20H22N8O4S. The molecule has 1 atom stereocenters. The molecule has 3 aromatic heterocycles. The van der Waals surface area contributed by atoms with Crippen LogP contribution in [0.2, 0.25) is 0 Å². The van der Waals surface area contributed by atoms with E-state index in [4.69, 9.17) is 14.9 Å². The summed E-state index contributed by atoms with van der Waals surface area (Å²) in [5.74, 6) is 0.480. The maximum Gasteiger partial charge on any atom is 0.276 e. The highest BCUT2D eigenvalue weighted by atomic mass is 32.2. The first-order valence-corrected chi connectivity index (χ1v) is 11.8. The van der Waals surface area contributed by atoms with Gasteiger partial charge in [-0.3, -0.25) is 0 Å². The summed E-state index contributed by atoms with van der Waals surface area (Å²) in [5, 5.41) is 7.10. The smallest absolute Gasteiger partial charge is 0.276 e. The van der Waals surface area contributed by atoms with Gasteiger partial charge in [-0.2, -0.15) is 19.5 Å². The number of nitrogens with one attached hydrogen (secondary N) is 2. The van der Waals surface area contributed by atoms with Crippen LogP contribution in [0, 0.1) is 0 Å². The summed E-state index contributed by atoms with van der Waals surface area (Å²) < 4.78 is 39.7. The summed E-state index contributed by atoms with van der Waals surface area (Å²) in [5.41, 5.74) is 7.88. The predicted octanol–water partition coefficient (Wildman–Crippen LogP) is 1.08. The van der Waals surface area contributed by atoms with E-state index in [0.29, 0.717) is 24.8 Å². The van der Waals surface area contributed by atoms with Crippen LogP contribution in [0.5, 0.6) is 0 Å². The number of nitrogens with two attached hydrogens (primary N) is 1. The topological polar surface area (TPSA) is 163 Å². The minimum atomic E-state index is -4.00. The summed E-state index contributed by atoms with van der Waals surface area (Å²) in [6.07, 6.45) is 2.96. The third-order valence-corrected chi connectivity index (χ3v) is 6.40. The van der Waals surface area contributed by atoms with Crippen molar-refractivity contribution in [3.05, 3.63) is 48.2 Å². The normalized spacial score (nSPS) is 16.4. The number of furan rings is 1. The average molecular weight is 471 g/mol. The van der Waals surface area contributed by atoms with Gasteiger partial charge in [0, 0.05) is 18.8 Å². The van der Waals surface area contributed by atoms with Crippen LogP contribution in [0.1, 0.15) is 12.0 Å². The van der Waals surface area contributed by atoms with E-state index in [2.05, 4.69) is 30.1 Å². The lowest BCUT2D eigenvalue weighted by Gasteiger charge is -2.12. The fraction of sp³-hybridized carbons (Fsp3) is 0.300. The van der Waals surface area contributed by atoms with E-state index in [1.165, 1.54) is 6.26 Å². The summed E-state index contributed by atoms with van der Waals surface area (Å²) in [4.78, 5) is 12.1. The number of rotatable bonds is 8. The van der Waals surface area contributed by atoms with Crippen molar-refractivity contribution in [2.45, 2.75) is 24.0 Å². The lowest BCUT2D eigenvalue weighted by Crippen LogP contribution is -2.28. The monoisotopic (exact) mass is 470 g/mol. The Labute approximate surface area is 189 Å². The molecule has 13 heteroatoms. The first-order valence-electron chi connectivity index (χ1n) is 10.3. The highest BCUT2D eigenvalue weighted by Crippen LogP contribution is 2.18. The van der Waals surface area contributed by atoms with Gasteiger partial charge in [0.25, 0.3) is 21.0 Å². The fourth-order valence-corrected chi connectivity index (χ4v) is 4.38. The number of hydrogen-bond donors (Lipinski definition) is 3. The van der Waals surface area contributed by atoms with E-state index < -0.39 is 15.2 Å². The lowest BCUT2D eigenvalue weighted by molar-refractivity contribution is 0.195. The molecule has 1 aliphatic heterocycles. The SMILES string of the molecule is Nc1nc(S(=O)(=O)NCCc2ccc(NC3CCOC3)cc2)nc2nc(-c3ccco3)nn12. The standard InChI is InChI=1S/C20H22N8O4S/c21-18-25-20(26-19-24-17(27-28(18)19)16-2-1-10-32-16)33(29,30)22-9-7-13-3-5-14(6-4-13)23-15-8-11-31-12-15/h1-6,10,15,22-23H,7-9,11-12H2,(H2,21,24,25,26,27). The fourth-order valence-electron chi connectivity index (χ4n) is 3.46. The number of benzene rings is 1. The first kappa shape index (κ1) is 21.3. The summed E-state index contributed by atoms with van der Waals surface area (Å²) >= 11 is 0. The van der Waals surface area contributed by atoms with Crippen LogP contribution in [0.4, 0.5) is 11.6 Å². The number of sulfonamides is 1. The number of fused-ring (bicyclic) bond motifs is 1. The Morgan fingerprint density at radius 2 is 2.00 bits per heavy atom. The molecule has 1 unspecified atom stereocenters. The third-order valence-electron chi connectivity index (χ3n) is 5.15. The third kappa shape index (κ3) is 4.65. The first-order chi connectivity index (χ1) is 16.0. The van der Waals surface area contributed by atoms with E-state index >= 15 is 0 Å². The van der Waals surface area contributed by atoms with Gasteiger partial charge in [0.05, 0.1) is 18.9 Å². The molecule has 4 aromatic rings. The molecule has 0 amide bonds. The van der Waals surface area contributed by atoms with Crippen LogP contribution in [0.25, 0.3) is 17.4 Å². The second-order valence-electron chi connectivity index (χ2n) is 7.54.